The van der Waals surface area contributed by atoms with Crippen molar-refractivity contribution in [2.75, 3.05) is 12.1 Å². The summed E-state index contributed by atoms with van der Waals surface area (Å²) in [4.78, 5) is 13.3. The van der Waals surface area contributed by atoms with Gasteiger partial charge in [-0.05, 0) is 6.07 Å². The summed E-state index contributed by atoms with van der Waals surface area (Å²) in [6, 6.07) is 25.4. The Morgan fingerprint density at radius 1 is 0.861 bits per heavy atom. The maximum atomic E-state index is 6.64. The Balaban J connectivity index is 1.32. The zero-order valence-corrected chi connectivity index (χ0v) is 19.4. The summed E-state index contributed by atoms with van der Waals surface area (Å²) in [6.45, 7) is 0. The summed E-state index contributed by atoms with van der Waals surface area (Å²) >= 11 is 0. The lowest BCUT2D eigenvalue weighted by Gasteiger charge is -2.33. The zero-order valence-electron chi connectivity index (χ0n) is 19.4. The first-order valence-corrected chi connectivity index (χ1v) is 11.4. The van der Waals surface area contributed by atoms with Crippen molar-refractivity contribution >= 4 is 22.4 Å². The molecule has 0 saturated carbocycles. The van der Waals surface area contributed by atoms with E-state index in [2.05, 4.69) is 21.0 Å². The van der Waals surface area contributed by atoms with Crippen LogP contribution in [0.5, 0.6) is 17.4 Å². The third kappa shape index (κ3) is 3.89. The van der Waals surface area contributed by atoms with Gasteiger partial charge in [0.1, 0.15) is 17.4 Å². The number of benzene rings is 2. The van der Waals surface area contributed by atoms with Gasteiger partial charge in [-0.3, -0.25) is 4.98 Å². The van der Waals surface area contributed by atoms with E-state index in [4.69, 9.17) is 20.3 Å². The van der Waals surface area contributed by atoms with Crippen molar-refractivity contribution in [3.05, 3.63) is 114 Å². The Morgan fingerprint density at radius 3 is 2.50 bits per heavy atom. The van der Waals surface area contributed by atoms with Crippen LogP contribution in [0.25, 0.3) is 11.0 Å². The molecule has 8 nitrogen and oxygen atoms in total. The molecule has 4 heterocycles. The molecule has 36 heavy (non-hydrogen) atoms. The van der Waals surface area contributed by atoms with Gasteiger partial charge in [0.15, 0.2) is 5.75 Å². The SMILES string of the molecule is COc1cnc2c(Oc3ccc(N4N=C(c5ccccc5)c5ccccc5C4N)cn3)ccnc2c1. The first kappa shape index (κ1) is 21.7. The van der Waals surface area contributed by atoms with Crippen LogP contribution < -0.4 is 20.2 Å². The molecule has 1 aliphatic rings. The van der Waals surface area contributed by atoms with E-state index in [1.54, 1.807) is 42.8 Å². The fourth-order valence-electron chi connectivity index (χ4n) is 4.22. The minimum atomic E-state index is -0.453. The summed E-state index contributed by atoms with van der Waals surface area (Å²) in [6.07, 6.45) is 4.54. The largest absolute Gasteiger partial charge is 0.495 e. The number of anilines is 1. The number of nitrogens with zero attached hydrogens (tertiary/aromatic N) is 5. The second kappa shape index (κ2) is 9.09. The molecular weight excluding hydrogens is 452 g/mol. The maximum absolute atomic E-state index is 6.64. The lowest BCUT2D eigenvalue weighted by Crippen LogP contribution is -2.36. The summed E-state index contributed by atoms with van der Waals surface area (Å²) in [5.41, 5.74) is 12.6. The Hall–Kier alpha value is -4.82. The number of nitrogens with two attached hydrogens (primary N) is 1. The van der Waals surface area contributed by atoms with Crippen LogP contribution in [0.2, 0.25) is 0 Å². The van der Waals surface area contributed by atoms with Crippen molar-refractivity contribution in [3.63, 3.8) is 0 Å². The van der Waals surface area contributed by atoms with E-state index in [0.717, 1.165) is 28.1 Å². The van der Waals surface area contributed by atoms with E-state index in [-0.39, 0.29) is 0 Å². The predicted octanol–water partition coefficient (Wildman–Crippen LogP) is 5.06. The van der Waals surface area contributed by atoms with Crippen LogP contribution in [0.4, 0.5) is 5.69 Å². The van der Waals surface area contributed by atoms with Crippen LogP contribution in [-0.2, 0) is 0 Å². The molecule has 0 amide bonds. The van der Waals surface area contributed by atoms with Gasteiger partial charge in [-0.2, -0.15) is 5.10 Å². The number of fused-ring (bicyclic) bond motifs is 2. The number of aromatic nitrogens is 3. The predicted molar refractivity (Wildman–Crippen MR) is 138 cm³/mol. The van der Waals surface area contributed by atoms with E-state index >= 15 is 0 Å². The fraction of sp³-hybridized carbons (Fsp3) is 0.0714. The molecule has 1 aliphatic heterocycles. The van der Waals surface area contributed by atoms with Crippen molar-refractivity contribution in [1.29, 1.82) is 0 Å². The topological polar surface area (TPSA) is 98.8 Å². The summed E-state index contributed by atoms with van der Waals surface area (Å²) in [5, 5.41) is 6.72. The maximum Gasteiger partial charge on any atom is 0.219 e. The fourth-order valence-corrected chi connectivity index (χ4v) is 4.22. The van der Waals surface area contributed by atoms with Crippen molar-refractivity contribution in [1.82, 2.24) is 15.0 Å². The van der Waals surface area contributed by atoms with Crippen LogP contribution in [0, 0.1) is 0 Å². The van der Waals surface area contributed by atoms with E-state index in [1.807, 2.05) is 60.7 Å². The highest BCUT2D eigenvalue weighted by molar-refractivity contribution is 6.14. The molecule has 2 N–H and O–H groups in total. The van der Waals surface area contributed by atoms with Crippen LogP contribution in [0.1, 0.15) is 22.9 Å². The van der Waals surface area contributed by atoms with E-state index in [0.29, 0.717) is 28.4 Å². The van der Waals surface area contributed by atoms with Crippen LogP contribution >= 0.6 is 0 Å². The van der Waals surface area contributed by atoms with Crippen LogP contribution in [0.3, 0.4) is 0 Å². The average molecular weight is 475 g/mol. The van der Waals surface area contributed by atoms with E-state index in [1.165, 1.54) is 0 Å². The van der Waals surface area contributed by atoms with Gasteiger partial charge in [-0.1, -0.05) is 54.6 Å². The number of methoxy groups -OCH3 is 1. The molecular formula is C28H22N6O2. The third-order valence-corrected chi connectivity index (χ3v) is 6.00. The van der Waals surface area contributed by atoms with E-state index in [9.17, 15) is 0 Å². The molecule has 0 saturated heterocycles. The number of ether oxygens (including phenoxy) is 2. The zero-order chi connectivity index (χ0) is 24.5. The average Bonchev–Trinajstić information content (AvgIpc) is 2.94. The highest BCUT2D eigenvalue weighted by atomic mass is 16.5. The highest BCUT2D eigenvalue weighted by Crippen LogP contribution is 2.34. The molecule has 5 aromatic rings. The number of pyridine rings is 3. The Morgan fingerprint density at radius 2 is 1.69 bits per heavy atom. The van der Waals surface area contributed by atoms with E-state index < -0.39 is 6.17 Å². The molecule has 0 spiro atoms. The molecule has 1 unspecified atom stereocenters. The third-order valence-electron chi connectivity index (χ3n) is 6.00. The minimum absolute atomic E-state index is 0.419. The molecule has 0 fully saturated rings. The highest BCUT2D eigenvalue weighted by Gasteiger charge is 2.28. The van der Waals surface area contributed by atoms with Gasteiger partial charge in [-0.15, -0.1) is 0 Å². The molecule has 2 aromatic carbocycles. The smallest absolute Gasteiger partial charge is 0.219 e. The van der Waals surface area contributed by atoms with Crippen LogP contribution in [-0.4, -0.2) is 27.8 Å². The van der Waals surface area contributed by atoms with Gasteiger partial charge in [0.2, 0.25) is 5.88 Å². The van der Waals surface area contributed by atoms with Gasteiger partial charge in [0, 0.05) is 41.1 Å². The van der Waals surface area contributed by atoms with Crippen molar-refractivity contribution in [2.45, 2.75) is 6.17 Å². The summed E-state index contributed by atoms with van der Waals surface area (Å²) < 4.78 is 11.3. The van der Waals surface area contributed by atoms with Crippen molar-refractivity contribution in [2.24, 2.45) is 10.8 Å². The molecule has 8 heteroatoms. The summed E-state index contributed by atoms with van der Waals surface area (Å²) in [7, 11) is 1.59. The molecule has 6 rings (SSSR count). The van der Waals surface area contributed by atoms with Crippen molar-refractivity contribution < 1.29 is 9.47 Å². The van der Waals surface area contributed by atoms with Gasteiger partial charge >= 0.3 is 0 Å². The Kier molecular flexibility index (Phi) is 5.48. The number of hydrogen-bond donors (Lipinski definition) is 1. The second-order valence-electron chi connectivity index (χ2n) is 8.20. The van der Waals surface area contributed by atoms with Gasteiger partial charge in [0.25, 0.3) is 0 Å². The first-order chi connectivity index (χ1) is 17.7. The molecule has 0 radical (unpaired) electrons. The Bertz CT molecular complexity index is 1570. The quantitative estimate of drug-likeness (QED) is 0.380. The standard InChI is InChI=1S/C28H22N6O2/c1-35-20-15-23-27(32-17-20)24(13-14-30-23)36-25-12-11-19(16-31-25)34-28(29)22-10-6-5-9-21(22)26(33-34)18-7-3-2-4-8-18/h2-17,28H,29H2,1H3. The summed E-state index contributed by atoms with van der Waals surface area (Å²) in [5.74, 6) is 1.60. The molecule has 0 bridgehead atoms. The van der Waals surface area contributed by atoms with Crippen molar-refractivity contribution in [3.8, 4) is 17.4 Å². The van der Waals surface area contributed by atoms with Crippen LogP contribution in [0.15, 0.2) is 103 Å². The second-order valence-corrected chi connectivity index (χ2v) is 8.20. The van der Waals surface area contributed by atoms with Gasteiger partial charge in [0.05, 0.1) is 36.4 Å². The normalized spacial score (nSPS) is 14.8. The number of hydrazone groups is 1. The molecule has 0 aliphatic carbocycles. The molecule has 3 aromatic heterocycles. The Labute approximate surface area is 207 Å². The monoisotopic (exact) mass is 474 g/mol. The molecule has 176 valence electrons. The lowest BCUT2D eigenvalue weighted by molar-refractivity contribution is 0.413. The first-order valence-electron chi connectivity index (χ1n) is 11.4. The van der Waals surface area contributed by atoms with Gasteiger partial charge < -0.3 is 15.2 Å². The minimum Gasteiger partial charge on any atom is -0.495 e. The van der Waals surface area contributed by atoms with Gasteiger partial charge in [-0.25, -0.2) is 15.0 Å². The molecule has 1 atom stereocenters. The lowest BCUT2D eigenvalue weighted by atomic mass is 9.94. The number of hydrogen-bond acceptors (Lipinski definition) is 8. The number of rotatable bonds is 5.